The molecule has 1 aliphatic carbocycles. The van der Waals surface area contributed by atoms with Gasteiger partial charge in [0, 0.05) is 47.7 Å². The molecule has 0 radical (unpaired) electrons. The number of pyridine rings is 3. The van der Waals surface area contributed by atoms with Crippen LogP contribution >= 0.6 is 0 Å². The first-order chi connectivity index (χ1) is 22.0. The monoisotopic (exact) mass is 607 g/mol. The number of carbonyl (C=O) groups is 1. The topological polar surface area (TPSA) is 171 Å². The van der Waals surface area contributed by atoms with E-state index < -0.39 is 0 Å². The fourth-order valence-electron chi connectivity index (χ4n) is 4.87. The van der Waals surface area contributed by atoms with Crippen LogP contribution in [0, 0.1) is 11.7 Å². The SMILES string of the molecule is CC.CNCc1cc(F)cc(-c2cncc3[nH]c(-c4[nH]nc5ncc(-c6cncc(NC(=O)C7CC7)c6)cc45)nc23)c1.O=C=O. The van der Waals surface area contributed by atoms with E-state index in [2.05, 4.69) is 40.8 Å². The van der Waals surface area contributed by atoms with E-state index in [0.717, 1.165) is 40.5 Å². The molecule has 0 saturated heterocycles. The van der Waals surface area contributed by atoms with Gasteiger partial charge in [-0.05, 0) is 61.3 Å². The summed E-state index contributed by atoms with van der Waals surface area (Å²) in [4.78, 5) is 49.9. The second kappa shape index (κ2) is 13.8. The van der Waals surface area contributed by atoms with Crippen LogP contribution in [0.5, 0.6) is 0 Å². The van der Waals surface area contributed by atoms with Gasteiger partial charge in [0.1, 0.15) is 11.5 Å². The number of hydrogen-bond donors (Lipinski definition) is 4. The maximum atomic E-state index is 14.4. The van der Waals surface area contributed by atoms with Crippen molar-refractivity contribution in [3.63, 3.8) is 0 Å². The summed E-state index contributed by atoms with van der Waals surface area (Å²) in [6.07, 6.45) is 10.6. The van der Waals surface area contributed by atoms with Crippen LogP contribution in [0.15, 0.2) is 61.3 Å². The molecule has 1 fully saturated rings. The van der Waals surface area contributed by atoms with Crippen LogP contribution in [-0.4, -0.2) is 54.2 Å². The zero-order chi connectivity index (χ0) is 31.9. The van der Waals surface area contributed by atoms with Crippen LogP contribution in [0.2, 0.25) is 0 Å². The van der Waals surface area contributed by atoms with Gasteiger partial charge in [0.15, 0.2) is 11.5 Å². The van der Waals surface area contributed by atoms with Crippen LogP contribution < -0.4 is 10.6 Å². The van der Waals surface area contributed by atoms with E-state index >= 15 is 0 Å². The molecular weight excluding hydrogens is 577 g/mol. The summed E-state index contributed by atoms with van der Waals surface area (Å²) in [5, 5.41) is 14.2. The highest BCUT2D eigenvalue weighted by molar-refractivity contribution is 5.97. The first-order valence-corrected chi connectivity index (χ1v) is 14.4. The van der Waals surface area contributed by atoms with Crippen LogP contribution in [0.25, 0.3) is 55.8 Å². The minimum atomic E-state index is -0.320. The van der Waals surface area contributed by atoms with Crippen LogP contribution in [-0.2, 0) is 20.9 Å². The number of benzene rings is 1. The number of carbonyl (C=O) groups excluding carboxylic acids is 3. The minimum Gasteiger partial charge on any atom is -0.335 e. The number of nitrogens with zero attached hydrogens (tertiary/aromatic N) is 5. The van der Waals surface area contributed by atoms with Gasteiger partial charge >= 0.3 is 6.15 Å². The smallest absolute Gasteiger partial charge is 0.335 e. The van der Waals surface area contributed by atoms with Crippen LogP contribution in [0.3, 0.4) is 0 Å². The average Bonchev–Trinajstić information content (AvgIpc) is 3.68. The lowest BCUT2D eigenvalue weighted by molar-refractivity contribution is -0.191. The molecule has 1 aliphatic rings. The number of amides is 1. The van der Waals surface area contributed by atoms with Crippen molar-refractivity contribution in [1.29, 1.82) is 0 Å². The fourth-order valence-corrected chi connectivity index (χ4v) is 4.87. The van der Waals surface area contributed by atoms with Crippen molar-refractivity contribution >= 4 is 39.8 Å². The predicted molar refractivity (Wildman–Crippen MR) is 166 cm³/mol. The van der Waals surface area contributed by atoms with Crippen molar-refractivity contribution in [2.45, 2.75) is 33.2 Å². The Bertz CT molecular complexity index is 2010. The van der Waals surface area contributed by atoms with Gasteiger partial charge in [-0.25, -0.2) is 14.4 Å². The molecule has 1 saturated carbocycles. The molecule has 0 bridgehead atoms. The van der Waals surface area contributed by atoms with Crippen molar-refractivity contribution < 1.29 is 18.8 Å². The molecule has 4 N–H and O–H groups in total. The van der Waals surface area contributed by atoms with Crippen LogP contribution in [0.4, 0.5) is 10.1 Å². The van der Waals surface area contributed by atoms with E-state index in [1.165, 1.54) is 12.1 Å². The summed E-state index contributed by atoms with van der Waals surface area (Å²) >= 11 is 0. The first kappa shape index (κ1) is 30.8. The van der Waals surface area contributed by atoms with Crippen molar-refractivity contribution in [3.05, 3.63) is 72.7 Å². The third kappa shape index (κ3) is 6.80. The number of aromatic amines is 2. The minimum absolute atomic E-state index is 0.0277. The number of imidazole rings is 1. The van der Waals surface area contributed by atoms with Gasteiger partial charge in [-0.15, -0.1) is 0 Å². The first-order valence-electron chi connectivity index (χ1n) is 14.4. The zero-order valence-corrected chi connectivity index (χ0v) is 24.8. The van der Waals surface area contributed by atoms with E-state index in [9.17, 15) is 9.18 Å². The number of nitrogens with one attached hydrogen (secondary N) is 4. The molecule has 0 aliphatic heterocycles. The molecule has 5 heterocycles. The Morgan fingerprint density at radius 2 is 1.73 bits per heavy atom. The molecule has 1 amide bonds. The lowest BCUT2D eigenvalue weighted by Gasteiger charge is -2.07. The number of rotatable bonds is 7. The van der Waals surface area contributed by atoms with Gasteiger partial charge in [0.2, 0.25) is 5.91 Å². The van der Waals surface area contributed by atoms with Gasteiger partial charge in [-0.1, -0.05) is 13.8 Å². The maximum absolute atomic E-state index is 14.4. The summed E-state index contributed by atoms with van der Waals surface area (Å²) in [7, 11) is 1.82. The zero-order valence-electron chi connectivity index (χ0n) is 24.8. The molecule has 1 aromatic carbocycles. The molecule has 13 heteroatoms. The molecule has 0 spiro atoms. The largest absolute Gasteiger partial charge is 0.373 e. The second-order valence-corrected chi connectivity index (χ2v) is 10.1. The number of anilines is 1. The molecule has 228 valence electrons. The average molecular weight is 608 g/mol. The van der Waals surface area contributed by atoms with Gasteiger partial charge in [0.05, 0.1) is 34.5 Å². The Labute approximate surface area is 256 Å². The summed E-state index contributed by atoms with van der Waals surface area (Å²) in [5.74, 6) is 0.367. The number of H-pyrrole nitrogens is 2. The lowest BCUT2D eigenvalue weighted by Crippen LogP contribution is -2.13. The third-order valence-corrected chi connectivity index (χ3v) is 6.98. The Morgan fingerprint density at radius 3 is 2.49 bits per heavy atom. The standard InChI is InChI=1S/C29H24FN9O.C2H6.CO2/c1-31-9-15-4-17(6-20(30)5-15)23-13-33-14-24-25(23)37-28(36-24)26-22-8-19(11-34-27(22)39-38-26)18-7-21(12-32-10-18)35-29(40)16-2-3-16;1-2;2-1-3/h4-8,10-14,16,31H,2-3,9H2,1H3,(H,35,40)(H,36,37)(H,34,38,39);1-2H3;. The van der Waals surface area contributed by atoms with Crippen molar-refractivity contribution in [3.8, 4) is 33.8 Å². The summed E-state index contributed by atoms with van der Waals surface area (Å²) in [6, 6.07) is 8.78. The van der Waals surface area contributed by atoms with Gasteiger partial charge in [-0.2, -0.15) is 14.7 Å². The van der Waals surface area contributed by atoms with Gasteiger partial charge in [0.25, 0.3) is 0 Å². The molecular formula is C32H30FN9O3. The molecule has 12 nitrogen and oxygen atoms in total. The van der Waals surface area contributed by atoms with Crippen molar-refractivity contribution in [2.75, 3.05) is 12.4 Å². The second-order valence-electron chi connectivity index (χ2n) is 10.1. The Hall–Kier alpha value is -5.65. The Kier molecular flexibility index (Phi) is 9.42. The number of halogens is 1. The van der Waals surface area contributed by atoms with E-state index in [0.29, 0.717) is 46.0 Å². The number of aromatic nitrogens is 7. The summed E-state index contributed by atoms with van der Waals surface area (Å²) in [6.45, 7) is 4.54. The normalized spacial score (nSPS) is 12.1. The molecule has 0 unspecified atom stereocenters. The van der Waals surface area contributed by atoms with E-state index in [1.807, 2.05) is 39.1 Å². The van der Waals surface area contributed by atoms with Gasteiger partial charge in [-0.3, -0.25) is 19.9 Å². The quantitative estimate of drug-likeness (QED) is 0.189. The lowest BCUT2D eigenvalue weighted by atomic mass is 10.0. The number of hydrogen-bond acceptors (Lipinski definition) is 9. The molecule has 6 aromatic rings. The summed E-state index contributed by atoms with van der Waals surface area (Å²) < 4.78 is 14.4. The number of fused-ring (bicyclic) bond motifs is 2. The van der Waals surface area contributed by atoms with Crippen molar-refractivity contribution in [1.82, 2.24) is 40.4 Å². The van der Waals surface area contributed by atoms with E-state index in [1.54, 1.807) is 31.0 Å². The molecule has 5 aromatic heterocycles. The summed E-state index contributed by atoms with van der Waals surface area (Å²) in [5.41, 5.74) is 7.09. The Balaban J connectivity index is 0.000000757. The maximum Gasteiger partial charge on any atom is 0.373 e. The molecule has 0 atom stereocenters. The van der Waals surface area contributed by atoms with E-state index in [-0.39, 0.29) is 23.8 Å². The van der Waals surface area contributed by atoms with Crippen LogP contribution in [0.1, 0.15) is 32.3 Å². The fraction of sp³-hybridized carbons (Fsp3) is 0.219. The highest BCUT2D eigenvalue weighted by atomic mass is 19.1. The third-order valence-electron chi connectivity index (χ3n) is 6.98. The van der Waals surface area contributed by atoms with Crippen molar-refractivity contribution in [2.24, 2.45) is 5.92 Å². The highest BCUT2D eigenvalue weighted by Gasteiger charge is 2.29. The Morgan fingerprint density at radius 1 is 0.978 bits per heavy atom. The highest BCUT2D eigenvalue weighted by Crippen LogP contribution is 2.34. The molecule has 7 rings (SSSR count). The predicted octanol–water partition coefficient (Wildman–Crippen LogP) is 5.27. The van der Waals surface area contributed by atoms with E-state index in [4.69, 9.17) is 14.6 Å². The van der Waals surface area contributed by atoms with Gasteiger partial charge < -0.3 is 15.6 Å². The molecule has 45 heavy (non-hydrogen) atoms.